The van der Waals surface area contributed by atoms with Gasteiger partial charge in [0.25, 0.3) is 0 Å². The van der Waals surface area contributed by atoms with Crippen molar-refractivity contribution in [1.82, 2.24) is 5.32 Å². The van der Waals surface area contributed by atoms with Crippen molar-refractivity contribution in [2.45, 2.75) is 13.5 Å². The lowest BCUT2D eigenvalue weighted by Crippen LogP contribution is -2.28. The molecule has 0 saturated carbocycles. The molecule has 1 heterocycles. The molecule has 6 heteroatoms. The summed E-state index contributed by atoms with van der Waals surface area (Å²) in [4.78, 5) is 13.3. The van der Waals surface area contributed by atoms with E-state index in [0.29, 0.717) is 28.8 Å². The van der Waals surface area contributed by atoms with E-state index in [9.17, 15) is 4.79 Å². The van der Waals surface area contributed by atoms with Gasteiger partial charge in [-0.3, -0.25) is 0 Å². The first-order valence-corrected chi connectivity index (χ1v) is 9.85. The maximum atomic E-state index is 12.4. The fourth-order valence-electron chi connectivity index (χ4n) is 2.51. The number of carbonyl (C=O) groups is 1. The Kier molecular flexibility index (Phi) is 6.57. The quantitative estimate of drug-likeness (QED) is 0.450. The topological polar surface area (TPSA) is 50.4 Å². The Morgan fingerprint density at radius 2 is 1.74 bits per heavy atom. The third kappa shape index (κ3) is 5.15. The van der Waals surface area contributed by atoms with Gasteiger partial charge >= 0.3 is 5.97 Å². The second kappa shape index (κ2) is 9.30. The zero-order valence-electron chi connectivity index (χ0n) is 14.9. The molecule has 2 aromatic carbocycles. The summed E-state index contributed by atoms with van der Waals surface area (Å²) in [5.74, 6) is -0.357. The highest BCUT2D eigenvalue weighted by Crippen LogP contribution is 2.35. The van der Waals surface area contributed by atoms with E-state index < -0.39 is 0 Å². The molecule has 1 aromatic heterocycles. The van der Waals surface area contributed by atoms with E-state index in [4.69, 9.17) is 17.0 Å². The van der Waals surface area contributed by atoms with Crippen molar-refractivity contribution in [3.63, 3.8) is 0 Å². The number of hydrogen-bond donors (Lipinski definition) is 2. The molecule has 0 fully saturated rings. The van der Waals surface area contributed by atoms with E-state index in [1.54, 1.807) is 6.92 Å². The van der Waals surface area contributed by atoms with Crippen LogP contribution in [-0.4, -0.2) is 17.7 Å². The van der Waals surface area contributed by atoms with Crippen molar-refractivity contribution in [2.24, 2.45) is 0 Å². The first-order valence-electron chi connectivity index (χ1n) is 8.62. The number of esters is 1. The van der Waals surface area contributed by atoms with Crippen molar-refractivity contribution in [3.05, 3.63) is 77.9 Å². The molecule has 0 aliphatic carbocycles. The van der Waals surface area contributed by atoms with Crippen molar-refractivity contribution < 1.29 is 9.53 Å². The van der Waals surface area contributed by atoms with E-state index in [-0.39, 0.29) is 5.97 Å². The summed E-state index contributed by atoms with van der Waals surface area (Å²) in [6.45, 7) is 2.73. The van der Waals surface area contributed by atoms with Crippen LogP contribution in [0.25, 0.3) is 10.4 Å². The van der Waals surface area contributed by atoms with Crippen molar-refractivity contribution in [2.75, 3.05) is 11.9 Å². The fourth-order valence-corrected chi connectivity index (χ4v) is 3.81. The van der Waals surface area contributed by atoms with Gasteiger partial charge in [-0.2, -0.15) is 0 Å². The Hall–Kier alpha value is -2.70. The van der Waals surface area contributed by atoms with Gasteiger partial charge in [0, 0.05) is 11.4 Å². The summed E-state index contributed by atoms with van der Waals surface area (Å²) in [5.41, 5.74) is 2.66. The van der Waals surface area contributed by atoms with Gasteiger partial charge < -0.3 is 15.4 Å². The minimum atomic E-state index is -0.357. The zero-order chi connectivity index (χ0) is 19.1. The molecule has 3 rings (SSSR count). The van der Waals surface area contributed by atoms with Crippen LogP contribution in [0, 0.1) is 0 Å². The van der Waals surface area contributed by atoms with Crippen molar-refractivity contribution in [1.29, 1.82) is 0 Å². The van der Waals surface area contributed by atoms with E-state index in [2.05, 4.69) is 10.6 Å². The highest BCUT2D eigenvalue weighted by molar-refractivity contribution is 7.80. The van der Waals surface area contributed by atoms with Crippen molar-refractivity contribution >= 4 is 39.6 Å². The van der Waals surface area contributed by atoms with E-state index in [1.165, 1.54) is 11.3 Å². The first kappa shape index (κ1) is 19.1. The number of ether oxygens (including phenoxy) is 1. The van der Waals surface area contributed by atoms with Gasteiger partial charge in [0.15, 0.2) is 5.11 Å². The molecule has 0 radical (unpaired) electrons. The molecular weight excluding hydrogens is 376 g/mol. The molecule has 4 nitrogen and oxygen atoms in total. The Morgan fingerprint density at radius 3 is 2.41 bits per heavy atom. The Labute approximate surface area is 168 Å². The summed E-state index contributed by atoms with van der Waals surface area (Å²) in [5, 5.41) is 7.46. The molecule has 0 amide bonds. The second-order valence-corrected chi connectivity index (χ2v) is 7.19. The molecule has 0 unspecified atom stereocenters. The minimum absolute atomic E-state index is 0.325. The van der Waals surface area contributed by atoms with Crippen LogP contribution in [0.15, 0.2) is 66.7 Å². The highest BCUT2D eigenvalue weighted by atomic mass is 32.1. The monoisotopic (exact) mass is 396 g/mol. The van der Waals surface area contributed by atoms with E-state index in [0.717, 1.165) is 16.0 Å². The van der Waals surface area contributed by atoms with Gasteiger partial charge in [-0.15, -0.1) is 11.3 Å². The van der Waals surface area contributed by atoms with Crippen LogP contribution in [0.2, 0.25) is 0 Å². The Bertz CT molecular complexity index is 908. The standard InChI is InChI=1S/C21H20N2O2S2/c1-2-25-20(24)17-13-18(16-11-7-4-8-12-16)27-19(17)23-21(26)22-14-15-9-5-3-6-10-15/h3-13H,2,14H2,1H3,(H2,22,23,26). The molecule has 0 aliphatic rings. The summed E-state index contributed by atoms with van der Waals surface area (Å²) < 4.78 is 5.19. The molecule has 0 atom stereocenters. The van der Waals surface area contributed by atoms with Crippen LogP contribution in [0.1, 0.15) is 22.8 Å². The summed E-state index contributed by atoms with van der Waals surface area (Å²) >= 11 is 6.88. The minimum Gasteiger partial charge on any atom is -0.462 e. The SMILES string of the molecule is CCOC(=O)c1cc(-c2ccccc2)sc1NC(=S)NCc1ccccc1. The van der Waals surface area contributed by atoms with Crippen LogP contribution in [0.5, 0.6) is 0 Å². The van der Waals surface area contributed by atoms with Gasteiger partial charge in [-0.05, 0) is 36.3 Å². The van der Waals surface area contributed by atoms with Crippen LogP contribution in [0.3, 0.4) is 0 Å². The molecular formula is C21H20N2O2S2. The van der Waals surface area contributed by atoms with Gasteiger partial charge in [0.05, 0.1) is 12.2 Å². The fraction of sp³-hybridized carbons (Fsp3) is 0.143. The molecule has 0 bridgehead atoms. The Balaban J connectivity index is 1.77. The van der Waals surface area contributed by atoms with Gasteiger partial charge in [0.1, 0.15) is 5.00 Å². The molecule has 3 aromatic rings. The zero-order valence-corrected chi connectivity index (χ0v) is 16.5. The van der Waals surface area contributed by atoms with Gasteiger partial charge in [-0.25, -0.2) is 4.79 Å². The molecule has 27 heavy (non-hydrogen) atoms. The molecule has 0 saturated heterocycles. The lowest BCUT2D eigenvalue weighted by atomic mass is 10.1. The predicted molar refractivity (Wildman–Crippen MR) is 115 cm³/mol. The molecule has 138 valence electrons. The summed E-state index contributed by atoms with van der Waals surface area (Å²) in [7, 11) is 0. The number of carbonyl (C=O) groups excluding carboxylic acids is 1. The van der Waals surface area contributed by atoms with Crippen LogP contribution in [-0.2, 0) is 11.3 Å². The normalized spacial score (nSPS) is 10.3. The number of benzene rings is 2. The lowest BCUT2D eigenvalue weighted by Gasteiger charge is -2.10. The first-order chi connectivity index (χ1) is 13.2. The highest BCUT2D eigenvalue weighted by Gasteiger charge is 2.19. The lowest BCUT2D eigenvalue weighted by molar-refractivity contribution is 0.0528. The molecule has 0 spiro atoms. The second-order valence-electron chi connectivity index (χ2n) is 5.73. The number of nitrogens with one attached hydrogen (secondary N) is 2. The third-order valence-corrected chi connectivity index (χ3v) is 5.15. The van der Waals surface area contributed by atoms with Gasteiger partial charge in [-0.1, -0.05) is 60.7 Å². The number of anilines is 1. The maximum absolute atomic E-state index is 12.4. The smallest absolute Gasteiger partial charge is 0.341 e. The van der Waals surface area contributed by atoms with Gasteiger partial charge in [0.2, 0.25) is 0 Å². The van der Waals surface area contributed by atoms with Crippen LogP contribution < -0.4 is 10.6 Å². The third-order valence-electron chi connectivity index (χ3n) is 3.81. The molecule has 2 N–H and O–H groups in total. The Morgan fingerprint density at radius 1 is 1.07 bits per heavy atom. The molecule has 0 aliphatic heterocycles. The predicted octanol–water partition coefficient (Wildman–Crippen LogP) is 5.08. The van der Waals surface area contributed by atoms with Crippen molar-refractivity contribution in [3.8, 4) is 10.4 Å². The van der Waals surface area contributed by atoms with Crippen LogP contribution >= 0.6 is 23.6 Å². The number of thiophene rings is 1. The average molecular weight is 397 g/mol. The maximum Gasteiger partial charge on any atom is 0.341 e. The largest absolute Gasteiger partial charge is 0.462 e. The summed E-state index contributed by atoms with van der Waals surface area (Å²) in [6, 6.07) is 21.8. The summed E-state index contributed by atoms with van der Waals surface area (Å²) in [6.07, 6.45) is 0. The average Bonchev–Trinajstić information content (AvgIpc) is 3.12. The van der Waals surface area contributed by atoms with Crippen LogP contribution in [0.4, 0.5) is 5.00 Å². The number of thiocarbonyl (C=S) groups is 1. The van der Waals surface area contributed by atoms with E-state index in [1.807, 2.05) is 66.7 Å². The number of hydrogen-bond acceptors (Lipinski definition) is 4. The van der Waals surface area contributed by atoms with E-state index >= 15 is 0 Å². The number of rotatable bonds is 6.